The van der Waals surface area contributed by atoms with Gasteiger partial charge in [0.15, 0.2) is 0 Å². The van der Waals surface area contributed by atoms with Gasteiger partial charge in [-0.1, -0.05) is 36.4 Å². The highest BCUT2D eigenvalue weighted by Crippen LogP contribution is 2.30. The van der Waals surface area contributed by atoms with Crippen LogP contribution in [0.4, 0.5) is 5.69 Å². The molecular formula is C22H22N2O2. The SMILES string of the molecule is CC(=O)N1CCc2cc(C(=O)N3CC=C(c4ccccc4)CC3)ccc21. The van der Waals surface area contributed by atoms with Gasteiger partial charge in [-0.2, -0.15) is 0 Å². The standard InChI is InChI=1S/C22H22N2O2/c1-16(25)24-14-11-19-15-20(7-8-21(19)24)22(26)23-12-9-18(10-13-23)17-5-3-2-4-6-17/h2-9,15H,10-14H2,1H3. The normalized spacial score (nSPS) is 16.3. The van der Waals surface area contributed by atoms with Crippen LogP contribution in [0.5, 0.6) is 0 Å². The maximum Gasteiger partial charge on any atom is 0.254 e. The fourth-order valence-electron chi connectivity index (χ4n) is 3.81. The van der Waals surface area contributed by atoms with Gasteiger partial charge in [0.2, 0.25) is 5.91 Å². The van der Waals surface area contributed by atoms with Gasteiger partial charge < -0.3 is 9.80 Å². The Bertz CT molecular complexity index is 886. The second kappa shape index (κ2) is 6.79. The second-order valence-electron chi connectivity index (χ2n) is 6.86. The van der Waals surface area contributed by atoms with Crippen LogP contribution in [0, 0.1) is 0 Å². The zero-order valence-electron chi connectivity index (χ0n) is 14.9. The maximum atomic E-state index is 12.9. The summed E-state index contributed by atoms with van der Waals surface area (Å²) in [6.07, 6.45) is 3.84. The van der Waals surface area contributed by atoms with Crippen molar-refractivity contribution in [2.24, 2.45) is 0 Å². The third kappa shape index (κ3) is 3.03. The van der Waals surface area contributed by atoms with Crippen LogP contribution < -0.4 is 4.90 Å². The van der Waals surface area contributed by atoms with E-state index in [2.05, 4.69) is 18.2 Å². The lowest BCUT2D eigenvalue weighted by molar-refractivity contribution is -0.116. The maximum absolute atomic E-state index is 12.9. The molecule has 4 heteroatoms. The van der Waals surface area contributed by atoms with Crippen molar-refractivity contribution < 1.29 is 9.59 Å². The minimum Gasteiger partial charge on any atom is -0.335 e. The van der Waals surface area contributed by atoms with Crippen LogP contribution in [0.15, 0.2) is 54.6 Å². The van der Waals surface area contributed by atoms with Gasteiger partial charge in [-0.15, -0.1) is 0 Å². The molecule has 0 fully saturated rings. The van der Waals surface area contributed by atoms with Crippen molar-refractivity contribution in [1.29, 1.82) is 0 Å². The van der Waals surface area contributed by atoms with Gasteiger partial charge in [-0.25, -0.2) is 0 Å². The van der Waals surface area contributed by atoms with Crippen LogP contribution in [0.3, 0.4) is 0 Å². The van der Waals surface area contributed by atoms with Crippen molar-refractivity contribution >= 4 is 23.1 Å². The highest BCUT2D eigenvalue weighted by atomic mass is 16.2. The highest BCUT2D eigenvalue weighted by Gasteiger charge is 2.25. The lowest BCUT2D eigenvalue weighted by atomic mass is 9.99. The number of carbonyl (C=O) groups excluding carboxylic acids is 2. The third-order valence-corrected chi connectivity index (χ3v) is 5.24. The number of anilines is 1. The van der Waals surface area contributed by atoms with E-state index < -0.39 is 0 Å². The molecule has 4 nitrogen and oxygen atoms in total. The van der Waals surface area contributed by atoms with Crippen LogP contribution in [-0.2, 0) is 11.2 Å². The van der Waals surface area contributed by atoms with E-state index in [1.54, 1.807) is 11.8 Å². The summed E-state index contributed by atoms with van der Waals surface area (Å²) in [7, 11) is 0. The minimum atomic E-state index is 0.0532. The van der Waals surface area contributed by atoms with Crippen LogP contribution in [0.1, 0.15) is 34.8 Å². The largest absolute Gasteiger partial charge is 0.335 e. The van der Waals surface area contributed by atoms with Gasteiger partial charge in [0.25, 0.3) is 5.91 Å². The van der Waals surface area contributed by atoms with Crippen LogP contribution in [-0.4, -0.2) is 36.3 Å². The van der Waals surface area contributed by atoms with Gasteiger partial charge in [-0.05, 0) is 47.7 Å². The number of fused-ring (bicyclic) bond motifs is 1. The number of nitrogens with zero attached hydrogens (tertiary/aromatic N) is 2. The van der Waals surface area contributed by atoms with E-state index in [1.807, 2.05) is 41.3 Å². The summed E-state index contributed by atoms with van der Waals surface area (Å²) in [6.45, 7) is 3.66. The molecule has 2 aliphatic heterocycles. The van der Waals surface area contributed by atoms with E-state index >= 15 is 0 Å². The first-order chi connectivity index (χ1) is 12.6. The van der Waals surface area contributed by atoms with Gasteiger partial charge in [0.1, 0.15) is 0 Å². The van der Waals surface area contributed by atoms with E-state index in [0.29, 0.717) is 18.7 Å². The average molecular weight is 346 g/mol. The van der Waals surface area contributed by atoms with E-state index in [0.717, 1.165) is 30.6 Å². The van der Waals surface area contributed by atoms with Crippen LogP contribution >= 0.6 is 0 Å². The predicted molar refractivity (Wildman–Crippen MR) is 103 cm³/mol. The monoisotopic (exact) mass is 346 g/mol. The lowest BCUT2D eigenvalue weighted by Gasteiger charge is -2.27. The molecule has 0 saturated carbocycles. The Labute approximate surface area is 153 Å². The number of hydrogen-bond acceptors (Lipinski definition) is 2. The number of rotatable bonds is 2. The number of benzene rings is 2. The van der Waals surface area contributed by atoms with E-state index in [4.69, 9.17) is 0 Å². The Kier molecular flexibility index (Phi) is 4.33. The molecule has 2 heterocycles. The van der Waals surface area contributed by atoms with Crippen molar-refractivity contribution in [3.05, 3.63) is 71.3 Å². The van der Waals surface area contributed by atoms with Gasteiger partial charge in [-0.3, -0.25) is 9.59 Å². The van der Waals surface area contributed by atoms with Crippen molar-refractivity contribution in [1.82, 2.24) is 4.90 Å². The first-order valence-electron chi connectivity index (χ1n) is 9.08. The molecule has 0 spiro atoms. The molecule has 0 aliphatic carbocycles. The summed E-state index contributed by atoms with van der Waals surface area (Å²) in [5.74, 6) is 0.120. The first kappa shape index (κ1) is 16.6. The van der Waals surface area contributed by atoms with Crippen molar-refractivity contribution in [3.8, 4) is 0 Å². The molecule has 0 N–H and O–H groups in total. The van der Waals surface area contributed by atoms with E-state index in [9.17, 15) is 9.59 Å². The molecule has 0 saturated heterocycles. The molecule has 26 heavy (non-hydrogen) atoms. The molecule has 0 unspecified atom stereocenters. The summed E-state index contributed by atoms with van der Waals surface area (Å²) in [5, 5.41) is 0. The molecule has 2 aromatic rings. The molecule has 0 aromatic heterocycles. The molecule has 2 amide bonds. The predicted octanol–water partition coefficient (Wildman–Crippen LogP) is 3.53. The van der Waals surface area contributed by atoms with Gasteiger partial charge >= 0.3 is 0 Å². The van der Waals surface area contributed by atoms with Crippen LogP contribution in [0.2, 0.25) is 0 Å². The Balaban J connectivity index is 1.49. The molecule has 0 radical (unpaired) electrons. The number of hydrogen-bond donors (Lipinski definition) is 0. The van der Waals surface area contributed by atoms with Crippen LogP contribution in [0.25, 0.3) is 5.57 Å². The molecule has 0 atom stereocenters. The summed E-state index contributed by atoms with van der Waals surface area (Å²) in [5.41, 5.74) is 5.29. The fourth-order valence-corrected chi connectivity index (χ4v) is 3.81. The van der Waals surface area contributed by atoms with E-state index in [1.165, 1.54) is 11.1 Å². The quantitative estimate of drug-likeness (QED) is 0.835. The molecule has 132 valence electrons. The van der Waals surface area contributed by atoms with Gasteiger partial charge in [0, 0.05) is 37.8 Å². The Morgan fingerprint density at radius 2 is 1.77 bits per heavy atom. The summed E-state index contributed by atoms with van der Waals surface area (Å²) in [6, 6.07) is 16.0. The summed E-state index contributed by atoms with van der Waals surface area (Å²) >= 11 is 0. The Morgan fingerprint density at radius 3 is 2.46 bits per heavy atom. The minimum absolute atomic E-state index is 0.0532. The third-order valence-electron chi connectivity index (χ3n) is 5.24. The second-order valence-corrected chi connectivity index (χ2v) is 6.86. The van der Waals surface area contributed by atoms with Crippen molar-refractivity contribution in [2.75, 3.05) is 24.5 Å². The zero-order chi connectivity index (χ0) is 18.1. The fraction of sp³-hybridized carbons (Fsp3) is 0.273. The first-order valence-corrected chi connectivity index (χ1v) is 9.08. The Hall–Kier alpha value is -2.88. The Morgan fingerprint density at radius 1 is 0.962 bits per heavy atom. The lowest BCUT2D eigenvalue weighted by Crippen LogP contribution is -2.34. The van der Waals surface area contributed by atoms with E-state index in [-0.39, 0.29) is 11.8 Å². The van der Waals surface area contributed by atoms with Crippen molar-refractivity contribution in [2.45, 2.75) is 19.8 Å². The summed E-state index contributed by atoms with van der Waals surface area (Å²) in [4.78, 5) is 28.2. The number of amides is 2. The molecule has 4 rings (SSSR count). The molecule has 2 aliphatic rings. The topological polar surface area (TPSA) is 40.6 Å². The smallest absolute Gasteiger partial charge is 0.254 e. The van der Waals surface area contributed by atoms with Gasteiger partial charge in [0.05, 0.1) is 0 Å². The molecular weight excluding hydrogens is 324 g/mol. The summed E-state index contributed by atoms with van der Waals surface area (Å²) < 4.78 is 0. The molecule has 2 aromatic carbocycles. The highest BCUT2D eigenvalue weighted by molar-refractivity contribution is 5.98. The number of carbonyl (C=O) groups is 2. The molecule has 0 bridgehead atoms. The van der Waals surface area contributed by atoms with Crippen molar-refractivity contribution in [3.63, 3.8) is 0 Å². The zero-order valence-corrected chi connectivity index (χ0v) is 14.9. The average Bonchev–Trinajstić information content (AvgIpc) is 3.12.